The first-order valence-corrected chi connectivity index (χ1v) is 9.46. The molecule has 0 radical (unpaired) electrons. The summed E-state index contributed by atoms with van der Waals surface area (Å²) in [6.07, 6.45) is 2.97. The van der Waals surface area contributed by atoms with Crippen LogP contribution < -0.4 is 5.32 Å². The molecule has 22 heavy (non-hydrogen) atoms. The molecule has 1 fully saturated rings. The number of hydrogen-bond donors (Lipinski definition) is 1. The molecule has 1 amide bonds. The summed E-state index contributed by atoms with van der Waals surface area (Å²) in [6, 6.07) is 10.0. The topological polar surface area (TPSA) is 59.1 Å². The number of rotatable bonds is 5. The Morgan fingerprint density at radius 2 is 2.09 bits per heavy atom. The van der Waals surface area contributed by atoms with Crippen LogP contribution in [0.4, 0.5) is 0 Å². The number of nitrogens with zero attached hydrogens (tertiary/aromatic N) is 1. The van der Waals surface area contributed by atoms with Crippen molar-refractivity contribution in [1.82, 2.24) is 10.3 Å². The van der Waals surface area contributed by atoms with E-state index in [1.165, 1.54) is 11.3 Å². The van der Waals surface area contributed by atoms with E-state index >= 15 is 0 Å². The molecule has 0 aliphatic heterocycles. The maximum atomic E-state index is 12.3. The second-order valence-electron chi connectivity index (χ2n) is 5.59. The molecular formula is C16H18N2O2S2. The maximum absolute atomic E-state index is 12.3. The number of carbonyl (C=O) groups is 1. The summed E-state index contributed by atoms with van der Waals surface area (Å²) in [7, 11) is -1.37. The van der Waals surface area contributed by atoms with E-state index < -0.39 is 10.8 Å². The highest BCUT2D eigenvalue weighted by Gasteiger charge is 2.40. The number of benzene rings is 1. The SMILES string of the molecule is Cc1csc([S@](=O)CC(=O)NC2(c3ccccc3)CCC2)n1. The molecule has 1 saturated carbocycles. The van der Waals surface area contributed by atoms with Gasteiger partial charge >= 0.3 is 0 Å². The third-order valence-corrected chi connectivity index (χ3v) is 6.57. The quantitative estimate of drug-likeness (QED) is 0.915. The van der Waals surface area contributed by atoms with Gasteiger partial charge < -0.3 is 5.32 Å². The highest BCUT2D eigenvalue weighted by molar-refractivity contribution is 7.87. The summed E-state index contributed by atoms with van der Waals surface area (Å²) in [5.74, 6) is -0.198. The Kier molecular flexibility index (Phi) is 4.40. The van der Waals surface area contributed by atoms with Gasteiger partial charge in [0.2, 0.25) is 5.91 Å². The molecule has 1 N–H and O–H groups in total. The molecule has 4 nitrogen and oxygen atoms in total. The standard InChI is InChI=1S/C16H18N2O2S2/c1-12-10-21-15(17-12)22(20)11-14(19)18-16(8-5-9-16)13-6-3-2-4-7-13/h2-4,6-7,10H,5,8-9,11H2,1H3,(H,18,19)/t22-/m1/s1. The molecule has 6 heteroatoms. The van der Waals surface area contributed by atoms with Gasteiger partial charge in [-0.05, 0) is 31.7 Å². The minimum absolute atomic E-state index is 0.0263. The smallest absolute Gasteiger partial charge is 0.233 e. The van der Waals surface area contributed by atoms with Crippen molar-refractivity contribution in [3.63, 3.8) is 0 Å². The minimum Gasteiger partial charge on any atom is -0.346 e. The first kappa shape index (κ1) is 15.4. The maximum Gasteiger partial charge on any atom is 0.233 e. The largest absolute Gasteiger partial charge is 0.346 e. The third-order valence-electron chi connectivity index (χ3n) is 3.97. The Morgan fingerprint density at radius 1 is 1.36 bits per heavy atom. The van der Waals surface area contributed by atoms with Gasteiger partial charge in [0.15, 0.2) is 4.34 Å². The Labute approximate surface area is 136 Å². The van der Waals surface area contributed by atoms with E-state index in [2.05, 4.69) is 10.3 Å². The van der Waals surface area contributed by atoms with Crippen molar-refractivity contribution in [2.75, 3.05) is 5.75 Å². The van der Waals surface area contributed by atoms with Crippen molar-refractivity contribution in [3.05, 3.63) is 47.0 Å². The number of hydrogen-bond acceptors (Lipinski definition) is 4. The number of aromatic nitrogens is 1. The number of aryl methyl sites for hydroxylation is 1. The van der Waals surface area contributed by atoms with E-state index in [9.17, 15) is 9.00 Å². The lowest BCUT2D eigenvalue weighted by Gasteiger charge is -2.43. The molecule has 3 rings (SSSR count). The Hall–Kier alpha value is -1.53. The fourth-order valence-corrected chi connectivity index (χ4v) is 4.64. The molecule has 0 unspecified atom stereocenters. The average Bonchev–Trinajstić information content (AvgIpc) is 2.90. The Morgan fingerprint density at radius 3 is 2.64 bits per heavy atom. The van der Waals surface area contributed by atoms with Crippen LogP contribution in [0.2, 0.25) is 0 Å². The Bertz CT molecular complexity index is 693. The fraction of sp³-hybridized carbons (Fsp3) is 0.375. The van der Waals surface area contributed by atoms with Gasteiger partial charge in [-0.15, -0.1) is 11.3 Å². The van der Waals surface area contributed by atoms with Crippen molar-refractivity contribution < 1.29 is 9.00 Å². The van der Waals surface area contributed by atoms with Gasteiger partial charge in [-0.3, -0.25) is 9.00 Å². The van der Waals surface area contributed by atoms with Gasteiger partial charge in [0.1, 0.15) is 5.75 Å². The summed E-state index contributed by atoms with van der Waals surface area (Å²) in [5, 5.41) is 4.95. The molecule has 1 aromatic heterocycles. The predicted molar refractivity (Wildman–Crippen MR) is 88.2 cm³/mol. The lowest BCUT2D eigenvalue weighted by atomic mass is 9.72. The van der Waals surface area contributed by atoms with Crippen LogP contribution >= 0.6 is 11.3 Å². The van der Waals surface area contributed by atoms with Crippen LogP contribution in [0.3, 0.4) is 0 Å². The molecule has 1 aromatic carbocycles. The molecule has 0 bridgehead atoms. The molecule has 116 valence electrons. The van der Waals surface area contributed by atoms with E-state index in [1.54, 1.807) is 0 Å². The highest BCUT2D eigenvalue weighted by Crippen LogP contribution is 2.41. The molecule has 2 aromatic rings. The van der Waals surface area contributed by atoms with Crippen LogP contribution in [0.1, 0.15) is 30.5 Å². The van der Waals surface area contributed by atoms with Crippen molar-refractivity contribution >= 4 is 28.0 Å². The average molecular weight is 334 g/mol. The van der Waals surface area contributed by atoms with Gasteiger partial charge in [0.25, 0.3) is 0 Å². The number of thiazole rings is 1. The minimum atomic E-state index is -1.37. The van der Waals surface area contributed by atoms with Crippen LogP contribution in [0.5, 0.6) is 0 Å². The lowest BCUT2D eigenvalue weighted by Crippen LogP contribution is -2.51. The van der Waals surface area contributed by atoms with Gasteiger partial charge in [0.05, 0.1) is 16.3 Å². The summed E-state index contributed by atoms with van der Waals surface area (Å²) in [5.41, 5.74) is 1.69. The first-order chi connectivity index (χ1) is 10.6. The monoisotopic (exact) mass is 334 g/mol. The van der Waals surface area contributed by atoms with Crippen molar-refractivity contribution in [2.45, 2.75) is 36.1 Å². The third kappa shape index (κ3) is 3.13. The zero-order chi connectivity index (χ0) is 15.6. The normalized spacial score (nSPS) is 17.5. The molecule has 0 spiro atoms. The molecule has 1 heterocycles. The second kappa shape index (κ2) is 6.30. The molecular weight excluding hydrogens is 316 g/mol. The highest BCUT2D eigenvalue weighted by atomic mass is 32.2. The molecule has 0 saturated heterocycles. The molecule has 1 aliphatic carbocycles. The number of carbonyl (C=O) groups excluding carboxylic acids is 1. The second-order valence-corrected chi connectivity index (χ2v) is 8.08. The zero-order valence-corrected chi connectivity index (χ0v) is 14.0. The summed E-state index contributed by atoms with van der Waals surface area (Å²) in [4.78, 5) is 16.5. The summed E-state index contributed by atoms with van der Waals surface area (Å²) >= 11 is 1.34. The fourth-order valence-electron chi connectivity index (χ4n) is 2.69. The molecule has 1 aliphatic rings. The van der Waals surface area contributed by atoms with E-state index in [1.807, 2.05) is 42.6 Å². The van der Waals surface area contributed by atoms with Crippen LogP contribution in [-0.2, 0) is 21.1 Å². The van der Waals surface area contributed by atoms with E-state index in [0.717, 1.165) is 30.5 Å². The van der Waals surface area contributed by atoms with Crippen LogP contribution in [0.15, 0.2) is 40.1 Å². The lowest BCUT2D eigenvalue weighted by molar-refractivity contribution is -0.121. The van der Waals surface area contributed by atoms with Gasteiger partial charge in [-0.25, -0.2) is 4.98 Å². The first-order valence-electron chi connectivity index (χ1n) is 7.26. The van der Waals surface area contributed by atoms with Crippen molar-refractivity contribution in [1.29, 1.82) is 0 Å². The van der Waals surface area contributed by atoms with Gasteiger partial charge in [0, 0.05) is 11.1 Å². The number of nitrogens with one attached hydrogen (secondary N) is 1. The van der Waals surface area contributed by atoms with Crippen LogP contribution in [-0.4, -0.2) is 20.9 Å². The van der Waals surface area contributed by atoms with Gasteiger partial charge in [-0.2, -0.15) is 0 Å². The summed E-state index contributed by atoms with van der Waals surface area (Å²) in [6.45, 7) is 1.86. The van der Waals surface area contributed by atoms with Gasteiger partial charge in [-0.1, -0.05) is 30.3 Å². The van der Waals surface area contributed by atoms with E-state index in [4.69, 9.17) is 0 Å². The van der Waals surface area contributed by atoms with Crippen molar-refractivity contribution in [3.8, 4) is 0 Å². The van der Waals surface area contributed by atoms with E-state index in [-0.39, 0.29) is 17.2 Å². The Balaban J connectivity index is 1.67. The predicted octanol–water partition coefficient (Wildman–Crippen LogP) is 2.75. The van der Waals surface area contributed by atoms with Crippen LogP contribution in [0.25, 0.3) is 0 Å². The van der Waals surface area contributed by atoms with Crippen molar-refractivity contribution in [2.24, 2.45) is 0 Å². The molecule has 1 atom stereocenters. The number of amides is 1. The van der Waals surface area contributed by atoms with E-state index in [0.29, 0.717) is 4.34 Å². The zero-order valence-electron chi connectivity index (χ0n) is 12.4. The van der Waals surface area contributed by atoms with Crippen LogP contribution in [0, 0.1) is 6.92 Å². The summed E-state index contributed by atoms with van der Waals surface area (Å²) < 4.78 is 12.7.